The Morgan fingerprint density at radius 3 is 2.95 bits per heavy atom. The van der Waals surface area contributed by atoms with E-state index in [-0.39, 0.29) is 18.3 Å². The predicted octanol–water partition coefficient (Wildman–Crippen LogP) is 3.23. The molecule has 0 aliphatic carbocycles. The van der Waals surface area contributed by atoms with Crippen LogP contribution in [-0.4, -0.2) is 25.6 Å². The molecule has 0 saturated carbocycles. The van der Waals surface area contributed by atoms with Crippen molar-refractivity contribution in [1.29, 1.82) is 0 Å². The summed E-state index contributed by atoms with van der Waals surface area (Å²) in [7, 11) is 0. The summed E-state index contributed by atoms with van der Waals surface area (Å²) in [4.78, 5) is 12.0. The number of carbonyl (C=O) groups is 1. The number of para-hydroxylation sites is 2. The Labute approximate surface area is 133 Å². The smallest absolute Gasteiger partial charge is 0.224 e. The third kappa shape index (κ3) is 5.94. The van der Waals surface area contributed by atoms with Crippen molar-refractivity contribution in [1.82, 2.24) is 5.32 Å². The first-order valence-electron chi connectivity index (χ1n) is 7.52. The number of carbonyl (C=O) groups excluding carboxylic acids is 1. The summed E-state index contributed by atoms with van der Waals surface area (Å²) >= 11 is 0. The number of rotatable bonds is 7. The van der Waals surface area contributed by atoms with Crippen LogP contribution in [0.5, 0.6) is 5.75 Å². The van der Waals surface area contributed by atoms with Gasteiger partial charge < -0.3 is 15.4 Å². The number of nitrogens with one attached hydrogen (secondary N) is 2. The normalized spacial score (nSPS) is 17.1. The summed E-state index contributed by atoms with van der Waals surface area (Å²) in [6.45, 7) is 4.86. The molecule has 2 rings (SSSR count). The van der Waals surface area contributed by atoms with Crippen LogP contribution in [0.15, 0.2) is 24.3 Å². The van der Waals surface area contributed by atoms with Gasteiger partial charge in [-0.2, -0.15) is 0 Å². The van der Waals surface area contributed by atoms with Gasteiger partial charge in [0.25, 0.3) is 0 Å². The highest BCUT2D eigenvalue weighted by atomic mass is 35.5. The molecule has 1 fully saturated rings. The van der Waals surface area contributed by atoms with E-state index in [9.17, 15) is 4.79 Å². The van der Waals surface area contributed by atoms with Gasteiger partial charge in [0, 0.05) is 6.42 Å². The molecule has 1 aromatic carbocycles. The zero-order valence-electron chi connectivity index (χ0n) is 12.6. The number of benzene rings is 1. The van der Waals surface area contributed by atoms with Crippen molar-refractivity contribution in [3.05, 3.63) is 24.3 Å². The highest BCUT2D eigenvalue weighted by Gasteiger charge is 2.16. The van der Waals surface area contributed by atoms with Gasteiger partial charge in [-0.1, -0.05) is 19.1 Å². The molecule has 1 atom stereocenters. The van der Waals surface area contributed by atoms with Crippen LogP contribution >= 0.6 is 12.4 Å². The van der Waals surface area contributed by atoms with Crippen molar-refractivity contribution in [3.8, 4) is 5.75 Å². The first kappa shape index (κ1) is 17.8. The Balaban J connectivity index is 0.00000220. The fraction of sp³-hybridized carbons (Fsp3) is 0.562. The number of hydrogen-bond donors (Lipinski definition) is 2. The molecule has 1 aliphatic heterocycles. The number of hydrogen-bond acceptors (Lipinski definition) is 3. The lowest BCUT2D eigenvalue weighted by atomic mass is 10.0. The zero-order valence-corrected chi connectivity index (χ0v) is 13.4. The molecular weight excluding hydrogens is 288 g/mol. The highest BCUT2D eigenvalue weighted by Crippen LogP contribution is 2.24. The van der Waals surface area contributed by atoms with Crippen LogP contribution < -0.4 is 15.4 Å². The minimum Gasteiger partial charge on any atom is -0.491 e. The average Bonchev–Trinajstić information content (AvgIpc) is 2.97. The molecule has 21 heavy (non-hydrogen) atoms. The van der Waals surface area contributed by atoms with Crippen LogP contribution in [0.2, 0.25) is 0 Å². The highest BCUT2D eigenvalue weighted by molar-refractivity contribution is 5.92. The lowest BCUT2D eigenvalue weighted by Crippen LogP contribution is -2.15. The van der Waals surface area contributed by atoms with Gasteiger partial charge in [-0.05, 0) is 50.4 Å². The standard InChI is InChI=1S/C16H24N2O2.ClH/c1-2-11-20-15-6-4-3-5-14(15)18-16(19)8-7-13-9-10-17-12-13;/h3-6,13,17H,2,7-12H2,1H3,(H,18,19);1H. The average molecular weight is 313 g/mol. The van der Waals surface area contributed by atoms with E-state index in [0.717, 1.165) is 37.4 Å². The van der Waals surface area contributed by atoms with E-state index < -0.39 is 0 Å². The van der Waals surface area contributed by atoms with E-state index in [0.29, 0.717) is 18.9 Å². The van der Waals surface area contributed by atoms with Crippen molar-refractivity contribution < 1.29 is 9.53 Å². The summed E-state index contributed by atoms with van der Waals surface area (Å²) in [6, 6.07) is 7.62. The van der Waals surface area contributed by atoms with E-state index >= 15 is 0 Å². The molecule has 2 N–H and O–H groups in total. The van der Waals surface area contributed by atoms with Gasteiger partial charge in [0.15, 0.2) is 0 Å². The van der Waals surface area contributed by atoms with E-state index in [1.54, 1.807) is 0 Å². The minimum absolute atomic E-state index is 0. The first-order valence-corrected chi connectivity index (χ1v) is 7.52. The molecule has 0 radical (unpaired) electrons. The van der Waals surface area contributed by atoms with Crippen molar-refractivity contribution in [2.75, 3.05) is 25.0 Å². The molecule has 1 aromatic rings. The number of amides is 1. The molecule has 1 amide bonds. The van der Waals surface area contributed by atoms with Crippen molar-refractivity contribution in [2.24, 2.45) is 5.92 Å². The Bertz CT molecular complexity index is 434. The summed E-state index contributed by atoms with van der Waals surface area (Å²) in [5, 5.41) is 6.29. The van der Waals surface area contributed by atoms with E-state index in [1.165, 1.54) is 6.42 Å². The van der Waals surface area contributed by atoms with Gasteiger partial charge in [-0.3, -0.25) is 4.79 Å². The van der Waals surface area contributed by atoms with Crippen LogP contribution in [-0.2, 0) is 4.79 Å². The maximum absolute atomic E-state index is 12.0. The van der Waals surface area contributed by atoms with Crippen molar-refractivity contribution in [3.63, 3.8) is 0 Å². The van der Waals surface area contributed by atoms with Crippen molar-refractivity contribution in [2.45, 2.75) is 32.6 Å². The zero-order chi connectivity index (χ0) is 14.2. The van der Waals surface area contributed by atoms with E-state index in [4.69, 9.17) is 4.74 Å². The SMILES string of the molecule is CCCOc1ccccc1NC(=O)CCC1CCNC1.Cl. The molecule has 5 heteroatoms. The largest absolute Gasteiger partial charge is 0.491 e. The maximum Gasteiger partial charge on any atom is 0.224 e. The fourth-order valence-electron chi connectivity index (χ4n) is 2.42. The van der Waals surface area contributed by atoms with E-state index in [1.807, 2.05) is 24.3 Å². The van der Waals surface area contributed by atoms with Crippen LogP contribution in [0.1, 0.15) is 32.6 Å². The van der Waals surface area contributed by atoms with Gasteiger partial charge >= 0.3 is 0 Å². The quantitative estimate of drug-likeness (QED) is 0.812. The lowest BCUT2D eigenvalue weighted by molar-refractivity contribution is -0.116. The fourth-order valence-corrected chi connectivity index (χ4v) is 2.42. The van der Waals surface area contributed by atoms with Crippen LogP contribution in [0.3, 0.4) is 0 Å². The number of halogens is 1. The molecule has 1 aliphatic rings. The van der Waals surface area contributed by atoms with Crippen LogP contribution in [0.25, 0.3) is 0 Å². The van der Waals surface area contributed by atoms with Crippen LogP contribution in [0, 0.1) is 5.92 Å². The Hall–Kier alpha value is -1.26. The lowest BCUT2D eigenvalue weighted by Gasteiger charge is -2.12. The summed E-state index contributed by atoms with van der Waals surface area (Å²) < 4.78 is 5.64. The summed E-state index contributed by atoms with van der Waals surface area (Å²) in [5.74, 6) is 1.47. The van der Waals surface area contributed by atoms with Gasteiger partial charge in [-0.25, -0.2) is 0 Å². The third-order valence-corrected chi connectivity index (χ3v) is 3.56. The molecular formula is C16H25ClN2O2. The third-order valence-electron chi connectivity index (χ3n) is 3.56. The summed E-state index contributed by atoms with van der Waals surface area (Å²) in [5.41, 5.74) is 0.774. The van der Waals surface area contributed by atoms with Crippen LogP contribution in [0.4, 0.5) is 5.69 Å². The molecule has 4 nitrogen and oxygen atoms in total. The second-order valence-corrected chi connectivity index (χ2v) is 5.29. The summed E-state index contributed by atoms with van der Waals surface area (Å²) in [6.07, 6.45) is 3.67. The molecule has 1 saturated heterocycles. The second-order valence-electron chi connectivity index (χ2n) is 5.29. The molecule has 118 valence electrons. The predicted molar refractivity (Wildman–Crippen MR) is 88.3 cm³/mol. The Morgan fingerprint density at radius 1 is 1.43 bits per heavy atom. The number of anilines is 1. The van der Waals surface area contributed by atoms with Gasteiger partial charge in [0.05, 0.1) is 12.3 Å². The Morgan fingerprint density at radius 2 is 2.24 bits per heavy atom. The topological polar surface area (TPSA) is 50.4 Å². The first-order chi connectivity index (χ1) is 9.79. The van der Waals surface area contributed by atoms with Crippen molar-refractivity contribution >= 4 is 24.0 Å². The molecule has 0 spiro atoms. The maximum atomic E-state index is 12.0. The molecule has 1 heterocycles. The molecule has 1 unspecified atom stereocenters. The molecule has 0 bridgehead atoms. The van der Waals surface area contributed by atoms with Gasteiger partial charge in [0.1, 0.15) is 5.75 Å². The van der Waals surface area contributed by atoms with E-state index in [2.05, 4.69) is 17.6 Å². The Kier molecular flexibility index (Phi) is 8.16. The number of ether oxygens (including phenoxy) is 1. The minimum atomic E-state index is 0. The molecule has 0 aromatic heterocycles. The van der Waals surface area contributed by atoms with Gasteiger partial charge in [-0.15, -0.1) is 12.4 Å². The second kappa shape index (κ2) is 9.64. The van der Waals surface area contributed by atoms with Gasteiger partial charge in [0.2, 0.25) is 5.91 Å². The monoisotopic (exact) mass is 312 g/mol.